The number of aromatic amines is 1. The molecule has 1 fully saturated rings. The van der Waals surface area contributed by atoms with E-state index in [-0.39, 0.29) is 24.8 Å². The molecule has 0 spiro atoms. The Bertz CT molecular complexity index is 1170. The standard InChI is InChI=1S/C25H28N4O4/c30-25(26-7-8-29-9-11-31-12-10-29)20-14-18-17-3-1-2-4-19(17)27-24(18)23(28-20)16-5-6-21-22(13-16)33-15-32-21/h1-6,13,20,23,27-28H,7-12,14-15H2,(H,26,30)/t20-,23+/m0/s1. The Morgan fingerprint density at radius 2 is 1.94 bits per heavy atom. The van der Waals surface area contributed by atoms with E-state index in [1.165, 1.54) is 10.9 Å². The van der Waals surface area contributed by atoms with Crippen LogP contribution in [0.4, 0.5) is 0 Å². The number of rotatable bonds is 5. The van der Waals surface area contributed by atoms with Crippen LogP contribution >= 0.6 is 0 Å². The molecule has 0 aliphatic carbocycles. The molecule has 33 heavy (non-hydrogen) atoms. The van der Waals surface area contributed by atoms with Gasteiger partial charge in [0.05, 0.1) is 25.3 Å². The molecule has 3 aliphatic heterocycles. The Morgan fingerprint density at radius 3 is 2.85 bits per heavy atom. The monoisotopic (exact) mass is 448 g/mol. The van der Waals surface area contributed by atoms with Gasteiger partial charge in [-0.25, -0.2) is 0 Å². The molecule has 4 heterocycles. The molecule has 2 aromatic carbocycles. The molecule has 0 saturated carbocycles. The molecule has 3 N–H and O–H groups in total. The number of nitrogens with zero attached hydrogens (tertiary/aromatic N) is 1. The summed E-state index contributed by atoms with van der Waals surface area (Å²) in [7, 11) is 0. The molecule has 3 aromatic rings. The number of morpholine rings is 1. The molecule has 0 bridgehead atoms. The molecule has 3 aliphatic rings. The fourth-order valence-electron chi connectivity index (χ4n) is 5.04. The number of benzene rings is 2. The van der Waals surface area contributed by atoms with Gasteiger partial charge >= 0.3 is 0 Å². The van der Waals surface area contributed by atoms with Gasteiger partial charge in [0.25, 0.3) is 0 Å². The van der Waals surface area contributed by atoms with Crippen LogP contribution in [-0.2, 0) is 16.0 Å². The number of hydrogen-bond acceptors (Lipinski definition) is 6. The van der Waals surface area contributed by atoms with Crippen molar-refractivity contribution < 1.29 is 19.0 Å². The van der Waals surface area contributed by atoms with Gasteiger partial charge in [0.2, 0.25) is 12.7 Å². The van der Waals surface area contributed by atoms with Crippen molar-refractivity contribution in [3.8, 4) is 11.5 Å². The lowest BCUT2D eigenvalue weighted by Gasteiger charge is -2.31. The van der Waals surface area contributed by atoms with Crippen LogP contribution in [0.5, 0.6) is 11.5 Å². The van der Waals surface area contributed by atoms with Gasteiger partial charge in [0.15, 0.2) is 11.5 Å². The molecule has 172 valence electrons. The Morgan fingerprint density at radius 1 is 1.09 bits per heavy atom. The van der Waals surface area contributed by atoms with Crippen LogP contribution in [0, 0.1) is 0 Å². The summed E-state index contributed by atoms with van der Waals surface area (Å²) in [4.78, 5) is 19.1. The van der Waals surface area contributed by atoms with Crippen LogP contribution in [0.3, 0.4) is 0 Å². The number of H-pyrrole nitrogens is 1. The zero-order valence-corrected chi connectivity index (χ0v) is 18.4. The summed E-state index contributed by atoms with van der Waals surface area (Å²) in [5.74, 6) is 1.53. The van der Waals surface area contributed by atoms with Crippen LogP contribution in [0.25, 0.3) is 10.9 Å². The zero-order chi connectivity index (χ0) is 22.2. The molecular weight excluding hydrogens is 420 g/mol. The average molecular weight is 449 g/mol. The molecule has 1 aromatic heterocycles. The van der Waals surface area contributed by atoms with Crippen molar-refractivity contribution in [3.63, 3.8) is 0 Å². The summed E-state index contributed by atoms with van der Waals surface area (Å²) < 4.78 is 16.5. The van der Waals surface area contributed by atoms with Crippen LogP contribution in [0.15, 0.2) is 42.5 Å². The fourth-order valence-corrected chi connectivity index (χ4v) is 5.04. The van der Waals surface area contributed by atoms with E-state index in [1.54, 1.807) is 0 Å². The van der Waals surface area contributed by atoms with E-state index in [1.807, 2.05) is 30.3 Å². The highest BCUT2D eigenvalue weighted by atomic mass is 16.7. The van der Waals surface area contributed by atoms with Gasteiger partial charge in [-0.1, -0.05) is 24.3 Å². The Balaban J connectivity index is 1.26. The quantitative estimate of drug-likeness (QED) is 0.553. The third kappa shape index (κ3) is 3.94. The van der Waals surface area contributed by atoms with E-state index >= 15 is 0 Å². The molecule has 0 unspecified atom stereocenters. The zero-order valence-electron chi connectivity index (χ0n) is 18.4. The van der Waals surface area contributed by atoms with Gasteiger partial charge < -0.3 is 24.5 Å². The number of nitrogens with one attached hydrogen (secondary N) is 3. The van der Waals surface area contributed by atoms with Crippen molar-refractivity contribution in [2.45, 2.75) is 18.5 Å². The highest BCUT2D eigenvalue weighted by Gasteiger charge is 2.34. The van der Waals surface area contributed by atoms with Crippen molar-refractivity contribution in [3.05, 3.63) is 59.3 Å². The highest BCUT2D eigenvalue weighted by Crippen LogP contribution is 2.39. The van der Waals surface area contributed by atoms with Gasteiger partial charge in [-0.3, -0.25) is 15.0 Å². The van der Waals surface area contributed by atoms with Crippen LogP contribution < -0.4 is 20.1 Å². The summed E-state index contributed by atoms with van der Waals surface area (Å²) in [6, 6.07) is 13.8. The Kier molecular flexibility index (Phi) is 5.41. The number of fused-ring (bicyclic) bond motifs is 4. The first-order valence-electron chi connectivity index (χ1n) is 11.6. The second kappa shape index (κ2) is 8.70. The molecule has 0 radical (unpaired) electrons. The van der Waals surface area contributed by atoms with Gasteiger partial charge in [-0.15, -0.1) is 0 Å². The summed E-state index contributed by atoms with van der Waals surface area (Å²) in [5, 5.41) is 7.91. The summed E-state index contributed by atoms with van der Waals surface area (Å²) in [5.41, 5.74) is 4.43. The maximum absolute atomic E-state index is 13.2. The van der Waals surface area contributed by atoms with Gasteiger partial charge in [-0.05, 0) is 35.7 Å². The molecule has 8 heteroatoms. The van der Waals surface area contributed by atoms with Crippen LogP contribution in [-0.4, -0.2) is 68.0 Å². The Labute approximate surface area is 192 Å². The summed E-state index contributed by atoms with van der Waals surface area (Å²) >= 11 is 0. The van der Waals surface area contributed by atoms with Gasteiger partial charge in [-0.2, -0.15) is 0 Å². The van der Waals surface area contributed by atoms with E-state index < -0.39 is 0 Å². The first kappa shape index (κ1) is 20.5. The third-order valence-corrected chi connectivity index (χ3v) is 6.79. The first-order valence-corrected chi connectivity index (χ1v) is 11.6. The number of carbonyl (C=O) groups is 1. The lowest BCUT2D eigenvalue weighted by molar-refractivity contribution is -0.123. The van der Waals surface area contributed by atoms with E-state index in [9.17, 15) is 4.79 Å². The van der Waals surface area contributed by atoms with Crippen LogP contribution in [0.1, 0.15) is 22.9 Å². The van der Waals surface area contributed by atoms with Gasteiger partial charge in [0, 0.05) is 42.8 Å². The first-order chi connectivity index (χ1) is 16.3. The minimum atomic E-state index is -0.322. The molecule has 1 saturated heterocycles. The maximum Gasteiger partial charge on any atom is 0.237 e. The van der Waals surface area contributed by atoms with Crippen molar-refractivity contribution in [1.82, 2.24) is 20.5 Å². The predicted octanol–water partition coefficient (Wildman–Crippen LogP) is 1.95. The van der Waals surface area contributed by atoms with E-state index in [4.69, 9.17) is 14.2 Å². The molecule has 6 rings (SSSR count). The second-order valence-electron chi connectivity index (χ2n) is 8.78. The normalized spacial score (nSPS) is 22.3. The number of hydrogen-bond donors (Lipinski definition) is 3. The minimum absolute atomic E-state index is 0.0323. The van der Waals surface area contributed by atoms with Crippen molar-refractivity contribution in [2.75, 3.05) is 46.2 Å². The SMILES string of the molecule is O=C(NCCN1CCOCC1)[C@@H]1Cc2c([nH]c3ccccc23)[C@@H](c2ccc3c(c2)OCO3)N1. The lowest BCUT2D eigenvalue weighted by atomic mass is 9.90. The topological polar surface area (TPSA) is 87.9 Å². The number of para-hydroxylation sites is 1. The Hall–Kier alpha value is -3.07. The molecule has 8 nitrogen and oxygen atoms in total. The number of carbonyl (C=O) groups excluding carboxylic acids is 1. The molecule has 1 amide bonds. The fraction of sp³-hybridized carbons (Fsp3) is 0.400. The minimum Gasteiger partial charge on any atom is -0.454 e. The van der Waals surface area contributed by atoms with Crippen LogP contribution in [0.2, 0.25) is 0 Å². The number of aromatic nitrogens is 1. The highest BCUT2D eigenvalue weighted by molar-refractivity contribution is 5.88. The smallest absolute Gasteiger partial charge is 0.237 e. The van der Waals surface area contributed by atoms with Crippen molar-refractivity contribution in [1.29, 1.82) is 0 Å². The lowest BCUT2D eigenvalue weighted by Crippen LogP contribution is -2.51. The van der Waals surface area contributed by atoms with E-state index in [0.29, 0.717) is 13.0 Å². The maximum atomic E-state index is 13.2. The molecule has 2 atom stereocenters. The van der Waals surface area contributed by atoms with Gasteiger partial charge in [0.1, 0.15) is 0 Å². The van der Waals surface area contributed by atoms with E-state index in [0.717, 1.165) is 61.1 Å². The summed E-state index contributed by atoms with van der Waals surface area (Å²) in [6.45, 7) is 5.07. The molecular formula is C25H28N4O4. The largest absolute Gasteiger partial charge is 0.454 e. The average Bonchev–Trinajstić information content (AvgIpc) is 3.48. The number of amides is 1. The van der Waals surface area contributed by atoms with E-state index in [2.05, 4.69) is 32.7 Å². The predicted molar refractivity (Wildman–Crippen MR) is 124 cm³/mol. The third-order valence-electron chi connectivity index (χ3n) is 6.79. The van der Waals surface area contributed by atoms with Crippen molar-refractivity contribution in [2.24, 2.45) is 0 Å². The van der Waals surface area contributed by atoms with Crippen molar-refractivity contribution >= 4 is 16.8 Å². The number of ether oxygens (including phenoxy) is 3. The summed E-state index contributed by atoms with van der Waals surface area (Å²) in [6.07, 6.45) is 0.643. The second-order valence-corrected chi connectivity index (χ2v) is 8.78.